The van der Waals surface area contributed by atoms with Gasteiger partial charge < -0.3 is 5.32 Å². The minimum Gasteiger partial charge on any atom is -0.310 e. The molecule has 1 N–H and O–H groups in total. The van der Waals surface area contributed by atoms with E-state index in [0.717, 1.165) is 16.5 Å². The minimum absolute atomic E-state index is 0.216. The maximum Gasteiger partial charge on any atom is 0.123 e. The van der Waals surface area contributed by atoms with Crippen LogP contribution in [0.15, 0.2) is 52.5 Å². The molecule has 0 aliphatic heterocycles. The van der Waals surface area contributed by atoms with Gasteiger partial charge in [-0.25, -0.2) is 9.37 Å². The van der Waals surface area contributed by atoms with Crippen molar-refractivity contribution in [3.8, 4) is 0 Å². The first-order valence-electron chi connectivity index (χ1n) is 6.32. The van der Waals surface area contributed by atoms with Crippen LogP contribution in [0.1, 0.15) is 25.5 Å². The van der Waals surface area contributed by atoms with Crippen molar-refractivity contribution in [3.63, 3.8) is 0 Å². The van der Waals surface area contributed by atoms with E-state index in [1.54, 1.807) is 12.1 Å². The van der Waals surface area contributed by atoms with E-state index in [2.05, 4.69) is 30.2 Å². The summed E-state index contributed by atoms with van der Waals surface area (Å²) in [4.78, 5) is 5.42. The summed E-state index contributed by atoms with van der Waals surface area (Å²) in [7, 11) is 0. The Bertz CT molecular complexity index is 511. The molecule has 2 rings (SSSR count). The van der Waals surface area contributed by atoms with Gasteiger partial charge in [-0.05, 0) is 49.4 Å². The van der Waals surface area contributed by atoms with Gasteiger partial charge in [-0.3, -0.25) is 0 Å². The number of benzene rings is 1. The third-order valence-electron chi connectivity index (χ3n) is 2.81. The number of halogens is 1. The van der Waals surface area contributed by atoms with Gasteiger partial charge >= 0.3 is 0 Å². The Labute approximate surface area is 117 Å². The third kappa shape index (κ3) is 4.04. The van der Waals surface area contributed by atoms with Crippen LogP contribution in [0.3, 0.4) is 0 Å². The summed E-state index contributed by atoms with van der Waals surface area (Å²) in [6.07, 6.45) is 1.89. The van der Waals surface area contributed by atoms with E-state index < -0.39 is 0 Å². The van der Waals surface area contributed by atoms with Gasteiger partial charge in [-0.15, -0.1) is 0 Å². The van der Waals surface area contributed by atoms with Gasteiger partial charge in [0.05, 0.1) is 0 Å². The fourth-order valence-electron chi connectivity index (χ4n) is 1.76. The number of rotatable bonds is 5. The van der Waals surface area contributed by atoms with E-state index in [4.69, 9.17) is 0 Å². The molecule has 4 heteroatoms. The molecule has 0 bridgehead atoms. The second-order valence-electron chi connectivity index (χ2n) is 4.27. The lowest BCUT2D eigenvalue weighted by Crippen LogP contribution is -2.17. The van der Waals surface area contributed by atoms with Gasteiger partial charge in [-0.2, -0.15) is 0 Å². The van der Waals surface area contributed by atoms with Gasteiger partial charge in [0, 0.05) is 17.1 Å². The highest BCUT2D eigenvalue weighted by molar-refractivity contribution is 7.99. The van der Waals surface area contributed by atoms with Crippen LogP contribution in [-0.4, -0.2) is 11.5 Å². The van der Waals surface area contributed by atoms with Crippen LogP contribution >= 0.6 is 11.8 Å². The number of nitrogens with zero attached hydrogens (tertiary/aromatic N) is 1. The molecule has 2 aromatic rings. The molecular weight excluding hydrogens is 259 g/mol. The SMILES string of the molecule is CCNC(C)c1ccc(Sc2ccc(F)cc2)nc1. The molecule has 0 aliphatic rings. The topological polar surface area (TPSA) is 24.9 Å². The standard InChI is InChI=1S/C15H17FN2S/c1-3-17-11(2)12-4-9-15(18-10-12)19-14-7-5-13(16)6-8-14/h4-11,17H,3H2,1-2H3. The van der Waals surface area contributed by atoms with Crippen molar-refractivity contribution in [1.82, 2.24) is 10.3 Å². The van der Waals surface area contributed by atoms with Crippen LogP contribution in [0, 0.1) is 5.82 Å². The molecule has 0 saturated heterocycles. The monoisotopic (exact) mass is 276 g/mol. The van der Waals surface area contributed by atoms with Crippen molar-refractivity contribution in [2.45, 2.75) is 29.8 Å². The van der Waals surface area contributed by atoms with Gasteiger partial charge in [0.2, 0.25) is 0 Å². The Morgan fingerprint density at radius 3 is 2.53 bits per heavy atom. The minimum atomic E-state index is -0.216. The molecule has 0 saturated carbocycles. The van der Waals surface area contributed by atoms with Gasteiger partial charge in [0.15, 0.2) is 0 Å². The van der Waals surface area contributed by atoms with Crippen LogP contribution in [0.4, 0.5) is 4.39 Å². The quantitative estimate of drug-likeness (QED) is 0.892. The summed E-state index contributed by atoms with van der Waals surface area (Å²) in [5.74, 6) is -0.216. The average Bonchev–Trinajstić information content (AvgIpc) is 2.42. The van der Waals surface area contributed by atoms with Crippen molar-refractivity contribution in [3.05, 3.63) is 54.0 Å². The zero-order valence-electron chi connectivity index (χ0n) is 11.1. The lowest BCUT2D eigenvalue weighted by molar-refractivity contribution is 0.595. The summed E-state index contributed by atoms with van der Waals surface area (Å²) >= 11 is 1.53. The van der Waals surface area contributed by atoms with Gasteiger partial charge in [0.25, 0.3) is 0 Å². The van der Waals surface area contributed by atoms with Gasteiger partial charge in [-0.1, -0.05) is 24.8 Å². The van der Waals surface area contributed by atoms with Crippen molar-refractivity contribution in [1.29, 1.82) is 0 Å². The predicted molar refractivity (Wildman–Crippen MR) is 76.9 cm³/mol. The van der Waals surface area contributed by atoms with E-state index in [9.17, 15) is 4.39 Å². The lowest BCUT2D eigenvalue weighted by atomic mass is 10.1. The maximum atomic E-state index is 12.8. The molecular formula is C15H17FN2S. The smallest absolute Gasteiger partial charge is 0.123 e. The molecule has 1 unspecified atom stereocenters. The van der Waals surface area contributed by atoms with E-state index in [1.165, 1.54) is 29.5 Å². The summed E-state index contributed by atoms with van der Waals surface area (Å²) < 4.78 is 12.8. The molecule has 0 spiro atoms. The predicted octanol–water partition coefficient (Wildman–Crippen LogP) is 4.04. The van der Waals surface area contributed by atoms with Crippen LogP contribution in [-0.2, 0) is 0 Å². The molecule has 100 valence electrons. The fourth-order valence-corrected chi connectivity index (χ4v) is 2.51. The largest absolute Gasteiger partial charge is 0.310 e. The molecule has 1 atom stereocenters. The summed E-state index contributed by atoms with van der Waals surface area (Å²) in [6.45, 7) is 5.14. The molecule has 0 radical (unpaired) electrons. The van der Waals surface area contributed by atoms with E-state index in [-0.39, 0.29) is 5.82 Å². The molecule has 0 fully saturated rings. The van der Waals surface area contributed by atoms with Crippen molar-refractivity contribution in [2.24, 2.45) is 0 Å². The third-order valence-corrected chi connectivity index (χ3v) is 3.76. The molecule has 19 heavy (non-hydrogen) atoms. The lowest BCUT2D eigenvalue weighted by Gasteiger charge is -2.12. The number of nitrogens with one attached hydrogen (secondary N) is 1. The highest BCUT2D eigenvalue weighted by Gasteiger charge is 2.05. The first kappa shape index (κ1) is 14.0. The second kappa shape index (κ2) is 6.68. The molecule has 0 aliphatic carbocycles. The number of pyridine rings is 1. The van der Waals surface area contributed by atoms with Crippen molar-refractivity contribution in [2.75, 3.05) is 6.54 Å². The summed E-state index contributed by atoms with van der Waals surface area (Å²) in [5, 5.41) is 4.26. The van der Waals surface area contributed by atoms with Crippen LogP contribution < -0.4 is 5.32 Å². The van der Waals surface area contributed by atoms with Crippen LogP contribution in [0.2, 0.25) is 0 Å². The zero-order chi connectivity index (χ0) is 13.7. The maximum absolute atomic E-state index is 12.8. The van der Waals surface area contributed by atoms with Crippen LogP contribution in [0.25, 0.3) is 0 Å². The Kier molecular flexibility index (Phi) is 4.93. The number of hydrogen-bond acceptors (Lipinski definition) is 3. The fraction of sp³-hybridized carbons (Fsp3) is 0.267. The highest BCUT2D eigenvalue weighted by Crippen LogP contribution is 2.26. The Hall–Kier alpha value is -1.39. The van der Waals surface area contributed by atoms with Gasteiger partial charge in [0.1, 0.15) is 10.8 Å². The molecule has 0 amide bonds. The van der Waals surface area contributed by atoms with E-state index >= 15 is 0 Å². The van der Waals surface area contributed by atoms with Crippen LogP contribution in [0.5, 0.6) is 0 Å². The summed E-state index contributed by atoms with van der Waals surface area (Å²) in [5.41, 5.74) is 1.17. The second-order valence-corrected chi connectivity index (χ2v) is 5.36. The Morgan fingerprint density at radius 1 is 1.21 bits per heavy atom. The molecule has 1 aromatic heterocycles. The molecule has 2 nitrogen and oxygen atoms in total. The summed E-state index contributed by atoms with van der Waals surface area (Å²) in [6, 6.07) is 10.8. The normalized spacial score (nSPS) is 12.4. The van der Waals surface area contributed by atoms with E-state index in [0.29, 0.717) is 6.04 Å². The van der Waals surface area contributed by atoms with E-state index in [1.807, 2.05) is 12.3 Å². The Balaban J connectivity index is 2.04. The van der Waals surface area contributed by atoms with Crippen molar-refractivity contribution < 1.29 is 4.39 Å². The number of hydrogen-bond donors (Lipinski definition) is 1. The zero-order valence-corrected chi connectivity index (χ0v) is 11.9. The number of aromatic nitrogens is 1. The first-order valence-corrected chi connectivity index (χ1v) is 7.13. The first-order chi connectivity index (χ1) is 9.19. The highest BCUT2D eigenvalue weighted by atomic mass is 32.2. The van der Waals surface area contributed by atoms with Crippen molar-refractivity contribution >= 4 is 11.8 Å². The average molecular weight is 276 g/mol. The molecule has 1 aromatic carbocycles. The Morgan fingerprint density at radius 2 is 1.95 bits per heavy atom. The molecule has 1 heterocycles.